The molecule has 0 bridgehead atoms. The standard InChI is InChI=1S/C21H21ClO4S/c1-21(2,3)16-9-13-18(14-10-16)27(25,26)19(20(23)24)6-4-5-15-7-11-17(22)12-8-15/h7-14,19H,6H2,1-3H3,(H,23,24). The van der Waals surface area contributed by atoms with E-state index in [4.69, 9.17) is 11.6 Å². The molecule has 0 saturated carbocycles. The number of halogens is 1. The van der Waals surface area contributed by atoms with Gasteiger partial charge in [-0.3, -0.25) is 4.79 Å². The molecule has 0 aromatic heterocycles. The van der Waals surface area contributed by atoms with E-state index in [1.165, 1.54) is 12.1 Å². The molecule has 1 N–H and O–H groups in total. The minimum atomic E-state index is -4.05. The highest BCUT2D eigenvalue weighted by molar-refractivity contribution is 7.92. The highest BCUT2D eigenvalue weighted by Crippen LogP contribution is 2.25. The first-order valence-corrected chi connectivity index (χ1v) is 10.3. The molecule has 0 aliphatic heterocycles. The molecule has 2 aromatic rings. The summed E-state index contributed by atoms with van der Waals surface area (Å²) in [5.74, 6) is 4.02. The van der Waals surface area contributed by atoms with Gasteiger partial charge in [-0.2, -0.15) is 0 Å². The van der Waals surface area contributed by atoms with Gasteiger partial charge in [-0.1, -0.05) is 56.3 Å². The van der Waals surface area contributed by atoms with Crippen molar-refractivity contribution in [2.45, 2.75) is 42.8 Å². The zero-order valence-electron chi connectivity index (χ0n) is 15.4. The topological polar surface area (TPSA) is 71.4 Å². The van der Waals surface area contributed by atoms with Gasteiger partial charge in [-0.15, -0.1) is 0 Å². The fourth-order valence-corrected chi connectivity index (χ4v) is 3.96. The van der Waals surface area contributed by atoms with Crippen molar-refractivity contribution in [1.29, 1.82) is 0 Å². The first kappa shape index (κ1) is 21.0. The number of hydrogen-bond acceptors (Lipinski definition) is 3. The van der Waals surface area contributed by atoms with Crippen molar-refractivity contribution in [3.8, 4) is 11.8 Å². The Bertz CT molecular complexity index is 974. The molecule has 2 rings (SSSR count). The van der Waals surface area contributed by atoms with Crippen LogP contribution >= 0.6 is 11.6 Å². The number of hydrogen-bond donors (Lipinski definition) is 1. The second-order valence-electron chi connectivity index (χ2n) is 7.16. The maximum atomic E-state index is 12.8. The summed E-state index contributed by atoms with van der Waals surface area (Å²) in [6.45, 7) is 6.05. The Balaban J connectivity index is 2.27. The van der Waals surface area contributed by atoms with Crippen molar-refractivity contribution < 1.29 is 18.3 Å². The lowest BCUT2D eigenvalue weighted by Crippen LogP contribution is -2.30. The molecule has 4 nitrogen and oxygen atoms in total. The van der Waals surface area contributed by atoms with Gasteiger partial charge in [0.25, 0.3) is 0 Å². The fourth-order valence-electron chi connectivity index (χ4n) is 2.42. The van der Waals surface area contributed by atoms with Crippen LogP contribution in [0, 0.1) is 11.8 Å². The number of benzene rings is 2. The summed E-state index contributed by atoms with van der Waals surface area (Å²) >= 11 is 5.80. The van der Waals surface area contributed by atoms with Crippen LogP contribution in [0.15, 0.2) is 53.4 Å². The average molecular weight is 405 g/mol. The van der Waals surface area contributed by atoms with Crippen molar-refractivity contribution in [3.63, 3.8) is 0 Å². The van der Waals surface area contributed by atoms with Crippen LogP contribution < -0.4 is 0 Å². The Morgan fingerprint density at radius 3 is 2.11 bits per heavy atom. The number of rotatable bonds is 4. The zero-order valence-corrected chi connectivity index (χ0v) is 16.9. The maximum Gasteiger partial charge on any atom is 0.323 e. The molecule has 27 heavy (non-hydrogen) atoms. The van der Waals surface area contributed by atoms with Gasteiger partial charge >= 0.3 is 5.97 Å². The van der Waals surface area contributed by atoms with Crippen LogP contribution in [0.4, 0.5) is 0 Å². The van der Waals surface area contributed by atoms with E-state index in [0.717, 1.165) is 5.56 Å². The maximum absolute atomic E-state index is 12.8. The van der Waals surface area contributed by atoms with E-state index in [2.05, 4.69) is 11.8 Å². The van der Waals surface area contributed by atoms with Gasteiger partial charge in [0.05, 0.1) is 4.90 Å². The van der Waals surface area contributed by atoms with E-state index >= 15 is 0 Å². The van der Waals surface area contributed by atoms with Gasteiger partial charge in [0, 0.05) is 17.0 Å². The summed E-state index contributed by atoms with van der Waals surface area (Å²) in [5.41, 5.74) is 1.48. The van der Waals surface area contributed by atoms with E-state index in [1.807, 2.05) is 20.8 Å². The normalized spacial score (nSPS) is 12.7. The Morgan fingerprint density at radius 2 is 1.63 bits per heavy atom. The second kappa shape index (κ2) is 8.16. The van der Waals surface area contributed by atoms with Crippen LogP contribution in [0.25, 0.3) is 0 Å². The largest absolute Gasteiger partial charge is 0.480 e. The second-order valence-corrected chi connectivity index (χ2v) is 9.73. The summed E-state index contributed by atoms with van der Waals surface area (Å²) in [4.78, 5) is 11.6. The minimum Gasteiger partial charge on any atom is -0.480 e. The van der Waals surface area contributed by atoms with Crippen molar-refractivity contribution in [1.82, 2.24) is 0 Å². The Kier molecular flexibility index (Phi) is 6.35. The molecule has 0 aliphatic rings. The molecule has 0 aliphatic carbocycles. The monoisotopic (exact) mass is 404 g/mol. The van der Waals surface area contributed by atoms with E-state index in [1.54, 1.807) is 36.4 Å². The molecule has 1 unspecified atom stereocenters. The summed E-state index contributed by atoms with van der Waals surface area (Å²) < 4.78 is 25.5. The first-order valence-electron chi connectivity index (χ1n) is 8.33. The Labute approximate surface area is 165 Å². The number of carboxylic acid groups (broad SMARTS) is 1. The quantitative estimate of drug-likeness (QED) is 0.771. The summed E-state index contributed by atoms with van der Waals surface area (Å²) in [7, 11) is -4.05. The molecule has 0 fully saturated rings. The molecule has 0 saturated heterocycles. The summed E-state index contributed by atoms with van der Waals surface area (Å²) in [6, 6.07) is 13.0. The van der Waals surface area contributed by atoms with Gasteiger partial charge in [0.1, 0.15) is 0 Å². The van der Waals surface area contributed by atoms with Gasteiger partial charge in [0.2, 0.25) is 0 Å². The van der Waals surface area contributed by atoms with Gasteiger partial charge in [0.15, 0.2) is 15.1 Å². The predicted molar refractivity (Wildman–Crippen MR) is 107 cm³/mol. The smallest absolute Gasteiger partial charge is 0.323 e. The number of sulfone groups is 1. The average Bonchev–Trinajstić information content (AvgIpc) is 2.59. The fraction of sp³-hybridized carbons (Fsp3) is 0.286. The van der Waals surface area contributed by atoms with Gasteiger partial charge in [-0.05, 0) is 47.4 Å². The lowest BCUT2D eigenvalue weighted by molar-refractivity contribution is -0.136. The molecule has 2 aromatic carbocycles. The molecule has 142 valence electrons. The van der Waals surface area contributed by atoms with E-state index < -0.39 is 21.1 Å². The molecular weight excluding hydrogens is 384 g/mol. The van der Waals surface area contributed by atoms with Crippen LogP contribution in [-0.2, 0) is 20.0 Å². The molecule has 0 amide bonds. The van der Waals surface area contributed by atoms with E-state index in [-0.39, 0.29) is 16.7 Å². The van der Waals surface area contributed by atoms with Crippen LogP contribution in [0.5, 0.6) is 0 Å². The lowest BCUT2D eigenvalue weighted by atomic mass is 9.87. The van der Waals surface area contributed by atoms with Crippen LogP contribution in [0.1, 0.15) is 38.3 Å². The summed E-state index contributed by atoms with van der Waals surface area (Å²) in [5, 5.41) is 8.36. The third-order valence-electron chi connectivity index (χ3n) is 4.06. The minimum absolute atomic E-state index is 0.0174. The molecule has 0 radical (unpaired) electrons. The van der Waals surface area contributed by atoms with E-state index in [0.29, 0.717) is 10.6 Å². The third-order valence-corrected chi connectivity index (χ3v) is 6.36. The zero-order chi connectivity index (χ0) is 20.2. The number of carbonyl (C=O) groups is 1. The molecular formula is C21H21ClO4S. The Morgan fingerprint density at radius 1 is 1.07 bits per heavy atom. The van der Waals surface area contributed by atoms with Crippen molar-refractivity contribution in [2.75, 3.05) is 0 Å². The third kappa shape index (κ3) is 5.35. The highest BCUT2D eigenvalue weighted by Gasteiger charge is 2.33. The molecule has 6 heteroatoms. The molecule has 1 atom stereocenters. The Hall–Kier alpha value is -2.29. The highest BCUT2D eigenvalue weighted by atomic mass is 35.5. The van der Waals surface area contributed by atoms with Gasteiger partial charge < -0.3 is 5.11 Å². The van der Waals surface area contributed by atoms with Crippen LogP contribution in [0.2, 0.25) is 5.02 Å². The van der Waals surface area contributed by atoms with Crippen molar-refractivity contribution >= 4 is 27.4 Å². The van der Waals surface area contributed by atoms with Gasteiger partial charge in [-0.25, -0.2) is 8.42 Å². The first-order chi connectivity index (χ1) is 12.5. The predicted octanol–water partition coefficient (Wildman–Crippen LogP) is 4.31. The molecule has 0 heterocycles. The number of aliphatic carboxylic acids is 1. The van der Waals surface area contributed by atoms with E-state index in [9.17, 15) is 18.3 Å². The SMILES string of the molecule is CC(C)(C)c1ccc(S(=O)(=O)C(CC#Cc2ccc(Cl)cc2)C(=O)O)cc1. The van der Waals surface area contributed by atoms with Crippen molar-refractivity contribution in [3.05, 3.63) is 64.7 Å². The lowest BCUT2D eigenvalue weighted by Gasteiger charge is -2.19. The van der Waals surface area contributed by atoms with Crippen LogP contribution in [0.3, 0.4) is 0 Å². The van der Waals surface area contributed by atoms with Crippen molar-refractivity contribution in [2.24, 2.45) is 0 Å². The molecule has 0 spiro atoms. The number of carboxylic acids is 1. The van der Waals surface area contributed by atoms with Crippen LogP contribution in [-0.4, -0.2) is 24.7 Å². The summed E-state index contributed by atoms with van der Waals surface area (Å²) in [6.07, 6.45) is -0.304.